The highest BCUT2D eigenvalue weighted by molar-refractivity contribution is 6.36. The van der Waals surface area contributed by atoms with Gasteiger partial charge in [-0.15, -0.1) is 12.4 Å². The fourth-order valence-corrected chi connectivity index (χ4v) is 1.21. The molecule has 0 aromatic heterocycles. The summed E-state index contributed by atoms with van der Waals surface area (Å²) in [6, 6.07) is 4.47. The van der Waals surface area contributed by atoms with Crippen LogP contribution in [0.3, 0.4) is 0 Å². The third kappa shape index (κ3) is 3.95. The molecule has 1 aromatic rings. The zero-order valence-electron chi connectivity index (χ0n) is 7.41. The molecule has 1 amide bonds. The molecule has 0 heterocycles. The van der Waals surface area contributed by atoms with Gasteiger partial charge in [-0.25, -0.2) is 0 Å². The van der Waals surface area contributed by atoms with Crippen LogP contribution in [0.1, 0.15) is 10.4 Å². The van der Waals surface area contributed by atoms with E-state index in [1.807, 2.05) is 0 Å². The van der Waals surface area contributed by atoms with Gasteiger partial charge in [0.1, 0.15) is 0 Å². The lowest BCUT2D eigenvalue weighted by Gasteiger charge is -1.99. The van der Waals surface area contributed by atoms with Crippen molar-refractivity contribution in [1.82, 2.24) is 0 Å². The summed E-state index contributed by atoms with van der Waals surface area (Å²) in [6.45, 7) is 0. The first kappa shape index (κ1) is 14.0. The molecule has 0 aliphatic rings. The second kappa shape index (κ2) is 5.80. The number of benzene rings is 1. The maximum absolute atomic E-state index is 11.3. The molecule has 0 atom stereocenters. The molecule has 0 saturated heterocycles. The zero-order chi connectivity index (χ0) is 10.7. The molecule has 15 heavy (non-hydrogen) atoms. The van der Waals surface area contributed by atoms with Crippen molar-refractivity contribution in [3.05, 3.63) is 33.8 Å². The number of amides is 1. The van der Waals surface area contributed by atoms with Crippen molar-refractivity contribution in [1.29, 1.82) is 0 Å². The lowest BCUT2D eigenvalue weighted by atomic mass is 10.2. The van der Waals surface area contributed by atoms with Crippen LogP contribution >= 0.6 is 35.6 Å². The summed E-state index contributed by atoms with van der Waals surface area (Å²) in [6.07, 6.45) is 0. The van der Waals surface area contributed by atoms with E-state index in [0.29, 0.717) is 5.02 Å². The van der Waals surface area contributed by atoms with E-state index in [2.05, 4.69) is 4.99 Å². The molecule has 0 bridgehead atoms. The maximum atomic E-state index is 11.3. The average Bonchev–Trinajstić information content (AvgIpc) is 2.08. The largest absolute Gasteiger partial charge is 0.370 e. The van der Waals surface area contributed by atoms with Crippen molar-refractivity contribution in [2.75, 3.05) is 0 Å². The van der Waals surface area contributed by atoms with Gasteiger partial charge in [-0.05, 0) is 18.2 Å². The van der Waals surface area contributed by atoms with Gasteiger partial charge < -0.3 is 11.5 Å². The predicted molar refractivity (Wildman–Crippen MR) is 63.9 cm³/mol. The first-order valence-corrected chi connectivity index (χ1v) is 4.35. The number of guanidine groups is 1. The molecular weight excluding hydrogens is 260 g/mol. The highest BCUT2D eigenvalue weighted by atomic mass is 35.5. The number of hydrogen-bond donors (Lipinski definition) is 2. The molecule has 0 aliphatic carbocycles. The van der Waals surface area contributed by atoms with Gasteiger partial charge in [0, 0.05) is 5.02 Å². The van der Waals surface area contributed by atoms with Gasteiger partial charge in [-0.2, -0.15) is 4.99 Å². The molecule has 0 aliphatic heterocycles. The number of hydrogen-bond acceptors (Lipinski definition) is 1. The first-order chi connectivity index (χ1) is 6.50. The van der Waals surface area contributed by atoms with E-state index in [1.165, 1.54) is 12.1 Å². The fraction of sp³-hybridized carbons (Fsp3) is 0. The summed E-state index contributed by atoms with van der Waals surface area (Å²) in [5.41, 5.74) is 10.3. The Balaban J connectivity index is 0.00000196. The minimum Gasteiger partial charge on any atom is -0.370 e. The normalized spacial score (nSPS) is 8.93. The van der Waals surface area contributed by atoms with Crippen LogP contribution < -0.4 is 11.5 Å². The van der Waals surface area contributed by atoms with Gasteiger partial charge in [-0.3, -0.25) is 4.79 Å². The monoisotopic (exact) mass is 267 g/mol. The molecule has 4 nitrogen and oxygen atoms in total. The minimum absolute atomic E-state index is 0. The number of nitrogens with zero attached hydrogens (tertiary/aromatic N) is 1. The number of halogens is 3. The third-order valence-electron chi connectivity index (χ3n) is 1.39. The van der Waals surface area contributed by atoms with Crippen molar-refractivity contribution in [2.45, 2.75) is 0 Å². The van der Waals surface area contributed by atoms with Gasteiger partial charge in [0.25, 0.3) is 5.91 Å². The second-order valence-corrected chi connectivity index (χ2v) is 3.31. The van der Waals surface area contributed by atoms with E-state index >= 15 is 0 Å². The van der Waals surface area contributed by atoms with Crippen LogP contribution in [0.25, 0.3) is 0 Å². The first-order valence-electron chi connectivity index (χ1n) is 3.59. The zero-order valence-corrected chi connectivity index (χ0v) is 9.73. The fourth-order valence-electron chi connectivity index (χ4n) is 0.839. The van der Waals surface area contributed by atoms with Gasteiger partial charge in [0.2, 0.25) is 0 Å². The Morgan fingerprint density at radius 2 is 1.87 bits per heavy atom. The lowest BCUT2D eigenvalue weighted by molar-refractivity contribution is 0.100. The lowest BCUT2D eigenvalue weighted by Crippen LogP contribution is -2.24. The van der Waals surface area contributed by atoms with E-state index in [9.17, 15) is 4.79 Å². The Labute approximate surface area is 103 Å². The Hall–Kier alpha value is -0.970. The van der Waals surface area contributed by atoms with E-state index < -0.39 is 5.91 Å². The van der Waals surface area contributed by atoms with E-state index in [0.717, 1.165) is 0 Å². The highest BCUT2D eigenvalue weighted by Gasteiger charge is 2.09. The standard InChI is InChI=1S/C8H7Cl2N3O.ClH/c9-4-1-2-6(10)5(3-4)7(14)13-8(11)12;/h1-3H,(H4,11,12,13,14);1H. The van der Waals surface area contributed by atoms with Crippen molar-refractivity contribution >= 4 is 47.5 Å². The quantitative estimate of drug-likeness (QED) is 0.602. The number of aliphatic imine (C=N–C) groups is 1. The van der Waals surface area contributed by atoms with Crippen LogP contribution in [-0.4, -0.2) is 11.9 Å². The summed E-state index contributed by atoms with van der Waals surface area (Å²) < 4.78 is 0. The Kier molecular flexibility index (Phi) is 5.43. The van der Waals surface area contributed by atoms with E-state index in [1.54, 1.807) is 6.07 Å². The molecular formula is C8H8Cl3N3O. The Morgan fingerprint density at radius 3 is 2.40 bits per heavy atom. The molecule has 4 N–H and O–H groups in total. The average molecular weight is 269 g/mol. The molecule has 0 unspecified atom stereocenters. The number of nitrogens with two attached hydrogens (primary N) is 2. The molecule has 0 spiro atoms. The number of carbonyl (C=O) groups excluding carboxylic acids is 1. The maximum Gasteiger partial charge on any atom is 0.281 e. The topological polar surface area (TPSA) is 81.5 Å². The van der Waals surface area contributed by atoms with Gasteiger partial charge in [-0.1, -0.05) is 23.2 Å². The molecule has 7 heteroatoms. The molecule has 1 aromatic carbocycles. The van der Waals surface area contributed by atoms with Crippen molar-refractivity contribution < 1.29 is 4.79 Å². The second-order valence-electron chi connectivity index (χ2n) is 2.47. The van der Waals surface area contributed by atoms with Crippen LogP contribution in [0.2, 0.25) is 10.0 Å². The minimum atomic E-state index is -0.613. The van der Waals surface area contributed by atoms with E-state index in [-0.39, 0.29) is 29.0 Å². The Bertz CT molecular complexity index is 402. The van der Waals surface area contributed by atoms with Crippen LogP contribution in [0.4, 0.5) is 0 Å². The van der Waals surface area contributed by atoms with E-state index in [4.69, 9.17) is 34.7 Å². The summed E-state index contributed by atoms with van der Waals surface area (Å²) in [5.74, 6) is -0.927. The van der Waals surface area contributed by atoms with Crippen LogP contribution in [0, 0.1) is 0 Å². The van der Waals surface area contributed by atoms with Gasteiger partial charge in [0.05, 0.1) is 10.6 Å². The van der Waals surface area contributed by atoms with Crippen LogP contribution in [0.15, 0.2) is 23.2 Å². The van der Waals surface area contributed by atoms with Crippen LogP contribution in [-0.2, 0) is 0 Å². The molecule has 0 saturated carbocycles. The summed E-state index contributed by atoms with van der Waals surface area (Å²) in [4.78, 5) is 14.7. The Morgan fingerprint density at radius 1 is 1.27 bits per heavy atom. The summed E-state index contributed by atoms with van der Waals surface area (Å²) in [7, 11) is 0. The number of carbonyl (C=O) groups is 1. The molecule has 1 rings (SSSR count). The highest BCUT2D eigenvalue weighted by Crippen LogP contribution is 2.21. The van der Waals surface area contributed by atoms with Gasteiger partial charge >= 0.3 is 0 Å². The van der Waals surface area contributed by atoms with Crippen LogP contribution in [0.5, 0.6) is 0 Å². The molecule has 82 valence electrons. The van der Waals surface area contributed by atoms with Gasteiger partial charge in [0.15, 0.2) is 5.96 Å². The molecule has 0 fully saturated rings. The smallest absolute Gasteiger partial charge is 0.281 e. The number of rotatable bonds is 1. The van der Waals surface area contributed by atoms with Crippen molar-refractivity contribution in [3.8, 4) is 0 Å². The summed E-state index contributed by atoms with van der Waals surface area (Å²) in [5, 5.41) is 0.646. The van der Waals surface area contributed by atoms with Crippen molar-refractivity contribution in [3.63, 3.8) is 0 Å². The SMILES string of the molecule is Cl.NC(N)=NC(=O)c1cc(Cl)ccc1Cl. The summed E-state index contributed by atoms with van der Waals surface area (Å²) >= 11 is 11.4. The predicted octanol–water partition coefficient (Wildman–Crippen LogP) is 1.83. The molecule has 0 radical (unpaired) electrons. The third-order valence-corrected chi connectivity index (χ3v) is 1.95. The van der Waals surface area contributed by atoms with Crippen molar-refractivity contribution in [2.24, 2.45) is 16.5 Å².